The minimum Gasteiger partial charge on any atom is -0.457 e. The number of hydrogen-bond acceptors (Lipinski definition) is 3. The van der Waals surface area contributed by atoms with Gasteiger partial charge in [-0.1, -0.05) is 91.0 Å². The van der Waals surface area contributed by atoms with Crippen LogP contribution in [0.2, 0.25) is 0 Å². The Labute approximate surface area is 322 Å². The molecule has 3 aromatic heterocycles. The Morgan fingerprint density at radius 1 is 0.473 bits per heavy atom. The lowest BCUT2D eigenvalue weighted by Gasteiger charge is -2.16. The summed E-state index contributed by atoms with van der Waals surface area (Å²) in [4.78, 5) is 10.0. The number of nitrogens with zero attached hydrogens (tertiary/aromatic N) is 4. The molecule has 55 heavy (non-hydrogen) atoms. The molecular formula is C50H42N4O. The fourth-order valence-corrected chi connectivity index (χ4v) is 8.24. The maximum atomic E-state index is 6.67. The molecule has 0 bridgehead atoms. The number of fused-ring (bicyclic) bond motifs is 3. The fraction of sp³-hybridized carbons (Fsp3) is 0.120. The van der Waals surface area contributed by atoms with Crippen molar-refractivity contribution in [2.45, 2.75) is 41.5 Å². The van der Waals surface area contributed by atoms with Gasteiger partial charge in [0.15, 0.2) is 0 Å². The molecule has 3 heterocycles. The van der Waals surface area contributed by atoms with Crippen molar-refractivity contribution < 1.29 is 4.74 Å². The third kappa shape index (κ3) is 5.98. The molecule has 0 unspecified atom stereocenters. The highest BCUT2D eigenvalue weighted by molar-refractivity contribution is 6.09. The molecule has 0 radical (unpaired) electrons. The van der Waals surface area contributed by atoms with Crippen LogP contribution < -0.4 is 4.74 Å². The molecule has 0 amide bonds. The average molecular weight is 715 g/mol. The molecular weight excluding hydrogens is 673 g/mol. The van der Waals surface area contributed by atoms with E-state index >= 15 is 0 Å². The number of para-hydroxylation sites is 2. The molecule has 0 aliphatic carbocycles. The Morgan fingerprint density at radius 3 is 1.93 bits per heavy atom. The normalized spacial score (nSPS) is 11.5. The van der Waals surface area contributed by atoms with Gasteiger partial charge in [-0.3, -0.25) is 9.13 Å². The van der Waals surface area contributed by atoms with Gasteiger partial charge in [-0.05, 0) is 129 Å². The second-order valence-electron chi connectivity index (χ2n) is 14.6. The van der Waals surface area contributed by atoms with E-state index in [1.807, 2.05) is 18.3 Å². The zero-order valence-corrected chi connectivity index (χ0v) is 32.1. The molecule has 0 aliphatic heterocycles. The first kappa shape index (κ1) is 34.1. The molecule has 0 saturated heterocycles. The molecule has 0 aliphatic rings. The van der Waals surface area contributed by atoms with Crippen LogP contribution in [0.3, 0.4) is 0 Å². The predicted octanol–water partition coefficient (Wildman–Crippen LogP) is 13.0. The van der Waals surface area contributed by atoms with E-state index in [-0.39, 0.29) is 0 Å². The lowest BCUT2D eigenvalue weighted by molar-refractivity contribution is 0.483. The number of rotatable bonds is 7. The Kier molecular flexibility index (Phi) is 8.43. The lowest BCUT2D eigenvalue weighted by atomic mass is 9.92. The Hall–Kier alpha value is -6.72. The van der Waals surface area contributed by atoms with E-state index in [1.54, 1.807) is 0 Å². The monoisotopic (exact) mass is 714 g/mol. The van der Waals surface area contributed by atoms with E-state index in [0.717, 1.165) is 62.1 Å². The maximum Gasteiger partial charge on any atom is 0.145 e. The SMILES string of the molecule is Cc1cc(-c2ccccc2)cc(C)c1-c1ccnc(-n2c3ccccc3c3ccc(Oc4cccc(-c5nc(C)c(C)n5-c5c(C)cccc5C)c4)cc32)c1. The van der Waals surface area contributed by atoms with Crippen LogP contribution in [0, 0.1) is 41.5 Å². The summed E-state index contributed by atoms with van der Waals surface area (Å²) in [5.74, 6) is 3.26. The van der Waals surface area contributed by atoms with Gasteiger partial charge in [0.25, 0.3) is 0 Å². The van der Waals surface area contributed by atoms with Gasteiger partial charge >= 0.3 is 0 Å². The summed E-state index contributed by atoms with van der Waals surface area (Å²) < 4.78 is 11.2. The van der Waals surface area contributed by atoms with Gasteiger partial charge in [0.2, 0.25) is 0 Å². The summed E-state index contributed by atoms with van der Waals surface area (Å²) in [5, 5.41) is 2.31. The van der Waals surface area contributed by atoms with E-state index in [1.165, 1.54) is 50.0 Å². The number of pyridine rings is 1. The van der Waals surface area contributed by atoms with Gasteiger partial charge in [-0.15, -0.1) is 0 Å². The van der Waals surface area contributed by atoms with Gasteiger partial charge in [-0.25, -0.2) is 9.97 Å². The summed E-state index contributed by atoms with van der Waals surface area (Å²) in [7, 11) is 0. The molecule has 5 nitrogen and oxygen atoms in total. The van der Waals surface area contributed by atoms with E-state index in [4.69, 9.17) is 14.7 Å². The summed E-state index contributed by atoms with van der Waals surface area (Å²) in [6.07, 6.45) is 1.92. The largest absolute Gasteiger partial charge is 0.457 e. The van der Waals surface area contributed by atoms with Crippen LogP contribution in [0.4, 0.5) is 0 Å². The van der Waals surface area contributed by atoms with Crippen LogP contribution in [0.1, 0.15) is 33.6 Å². The third-order valence-corrected chi connectivity index (χ3v) is 10.9. The van der Waals surface area contributed by atoms with Crippen LogP contribution in [0.5, 0.6) is 11.5 Å². The van der Waals surface area contributed by atoms with E-state index in [0.29, 0.717) is 0 Å². The van der Waals surface area contributed by atoms with Crippen LogP contribution in [0.25, 0.3) is 67.0 Å². The van der Waals surface area contributed by atoms with Gasteiger partial charge in [0.1, 0.15) is 23.1 Å². The molecule has 5 heteroatoms. The fourth-order valence-electron chi connectivity index (χ4n) is 8.24. The van der Waals surface area contributed by atoms with Crippen LogP contribution in [0.15, 0.2) is 146 Å². The molecule has 6 aromatic carbocycles. The first-order valence-electron chi connectivity index (χ1n) is 18.8. The number of benzene rings is 6. The van der Waals surface area contributed by atoms with Crippen molar-refractivity contribution in [1.82, 2.24) is 19.1 Å². The van der Waals surface area contributed by atoms with Crippen molar-refractivity contribution in [2.24, 2.45) is 0 Å². The van der Waals surface area contributed by atoms with Crippen LogP contribution in [-0.4, -0.2) is 19.1 Å². The van der Waals surface area contributed by atoms with Gasteiger partial charge < -0.3 is 4.74 Å². The quantitative estimate of drug-likeness (QED) is 0.165. The number of ether oxygens (including phenoxy) is 1. The topological polar surface area (TPSA) is 44.9 Å². The van der Waals surface area contributed by atoms with Crippen molar-refractivity contribution in [3.8, 4) is 56.6 Å². The molecule has 0 fully saturated rings. The highest BCUT2D eigenvalue weighted by Crippen LogP contribution is 2.38. The number of aromatic nitrogens is 4. The van der Waals surface area contributed by atoms with Crippen molar-refractivity contribution in [3.05, 3.63) is 179 Å². The van der Waals surface area contributed by atoms with E-state index in [2.05, 4.69) is 178 Å². The summed E-state index contributed by atoms with van der Waals surface area (Å²) >= 11 is 0. The molecule has 0 atom stereocenters. The lowest BCUT2D eigenvalue weighted by Crippen LogP contribution is -2.04. The zero-order valence-electron chi connectivity index (χ0n) is 32.1. The van der Waals surface area contributed by atoms with Crippen molar-refractivity contribution >= 4 is 21.8 Å². The molecule has 0 spiro atoms. The van der Waals surface area contributed by atoms with E-state index in [9.17, 15) is 0 Å². The second-order valence-corrected chi connectivity index (χ2v) is 14.6. The predicted molar refractivity (Wildman–Crippen MR) is 227 cm³/mol. The highest BCUT2D eigenvalue weighted by atomic mass is 16.5. The third-order valence-electron chi connectivity index (χ3n) is 10.9. The second kappa shape index (κ2) is 13.6. The van der Waals surface area contributed by atoms with Crippen LogP contribution >= 0.6 is 0 Å². The molecule has 0 saturated carbocycles. The van der Waals surface area contributed by atoms with E-state index < -0.39 is 0 Å². The number of aryl methyl sites for hydroxylation is 5. The zero-order chi connectivity index (χ0) is 37.8. The van der Waals surface area contributed by atoms with Gasteiger partial charge in [-0.2, -0.15) is 0 Å². The van der Waals surface area contributed by atoms with Crippen molar-refractivity contribution in [1.29, 1.82) is 0 Å². The first-order chi connectivity index (χ1) is 26.7. The van der Waals surface area contributed by atoms with Crippen LogP contribution in [-0.2, 0) is 0 Å². The smallest absolute Gasteiger partial charge is 0.145 e. The van der Waals surface area contributed by atoms with Gasteiger partial charge in [0, 0.05) is 34.3 Å². The Balaban J connectivity index is 1.11. The summed E-state index contributed by atoms with van der Waals surface area (Å²) in [6.45, 7) is 12.9. The van der Waals surface area contributed by atoms with Crippen molar-refractivity contribution in [3.63, 3.8) is 0 Å². The molecule has 268 valence electrons. The first-order valence-corrected chi connectivity index (χ1v) is 18.8. The minimum absolute atomic E-state index is 0.746. The molecule has 0 N–H and O–H groups in total. The van der Waals surface area contributed by atoms with Crippen molar-refractivity contribution in [2.75, 3.05) is 0 Å². The summed E-state index contributed by atoms with van der Waals surface area (Å²) in [5.41, 5.74) is 16.1. The highest BCUT2D eigenvalue weighted by Gasteiger charge is 2.19. The van der Waals surface area contributed by atoms with Gasteiger partial charge in [0.05, 0.1) is 22.4 Å². The summed E-state index contributed by atoms with van der Waals surface area (Å²) in [6, 6.07) is 49.0. The Morgan fingerprint density at radius 2 is 1.15 bits per heavy atom. The molecule has 9 aromatic rings. The Bertz CT molecular complexity index is 2870. The molecule has 9 rings (SSSR count). The number of hydrogen-bond donors (Lipinski definition) is 0. The standard InChI is InChI=1S/C50H42N4O/c1-31-14-12-15-32(2)49(31)53-36(6)35(5)52-50(53)39-18-13-19-41(28-39)55-42-22-23-44-43-20-10-11-21-45(43)54(46(44)30-42)47-29-38(24-25-51-47)48-33(3)26-40(27-34(48)4)37-16-8-7-9-17-37/h7-30H,1-6H3. The average Bonchev–Trinajstić information content (AvgIpc) is 3.67. The minimum atomic E-state index is 0.746. The maximum absolute atomic E-state index is 6.67. The number of imidazole rings is 1.